The first-order valence-corrected chi connectivity index (χ1v) is 55.3. The van der Waals surface area contributed by atoms with Gasteiger partial charge < -0.3 is 49.2 Å². The van der Waals surface area contributed by atoms with Gasteiger partial charge in [-0.1, -0.05) is 249 Å². The van der Waals surface area contributed by atoms with Crippen LogP contribution in [0.25, 0.3) is 0 Å². The Morgan fingerprint density at radius 3 is 0.866 bits per heavy atom. The second-order valence-electron chi connectivity index (χ2n) is 47.3. The maximum atomic E-state index is 12.8. The van der Waals surface area contributed by atoms with Gasteiger partial charge in [-0.05, 0) is 428 Å². The van der Waals surface area contributed by atoms with Crippen LogP contribution in [0.2, 0.25) is 0 Å². The van der Waals surface area contributed by atoms with Crippen molar-refractivity contribution in [1.29, 1.82) is 0 Å². The number of rotatable bonds is 28. The van der Waals surface area contributed by atoms with Crippen molar-refractivity contribution in [3.63, 3.8) is 0 Å². The van der Waals surface area contributed by atoms with Gasteiger partial charge >= 0.3 is 29.8 Å². The van der Waals surface area contributed by atoms with E-state index in [1.165, 1.54) is 92.0 Å². The molecule has 8 aliphatic rings. The molecule has 15 nitrogen and oxygen atoms in total. The number of phenolic OH excluding ortho intramolecular Hbond substituents is 5. The summed E-state index contributed by atoms with van der Waals surface area (Å²) in [5.41, 5.74) is 4.56. The number of hydrogen-bond acceptors (Lipinski definition) is 15. The summed E-state index contributed by atoms with van der Waals surface area (Å²) in [6.07, 6.45) is 37.7. The highest BCUT2D eigenvalue weighted by molar-refractivity contribution is 5.78. The van der Waals surface area contributed by atoms with Gasteiger partial charge in [0.25, 0.3) is 0 Å². The summed E-state index contributed by atoms with van der Waals surface area (Å²) in [6, 6.07) is 47.4. The van der Waals surface area contributed by atoms with Crippen LogP contribution in [0.15, 0.2) is 164 Å². The molecule has 0 spiro atoms. The summed E-state index contributed by atoms with van der Waals surface area (Å²) < 4.78 is 29.7. The van der Waals surface area contributed by atoms with Gasteiger partial charge in [0.05, 0.1) is 27.1 Å². The zero-order chi connectivity index (χ0) is 107. The van der Waals surface area contributed by atoms with Crippen LogP contribution in [0.3, 0.4) is 0 Å². The molecule has 142 heavy (non-hydrogen) atoms. The van der Waals surface area contributed by atoms with E-state index in [1.807, 2.05) is 189 Å². The van der Waals surface area contributed by atoms with Crippen LogP contribution in [-0.2, 0) is 53.3 Å². The SMILES string of the molecule is CCC(C)(C)C(=O)OC1(C(C)(C)C)CCCC1.CCC(C)(C)C(=O)OC1(C(C)C)C2CC3CC(C2)CC1C3.CCC(C)(C)C(=O)OC1(C)C=CCC1.CCC(C)(C)C(=O)OC1(c2ccccc2)CCCCC1.CCC(C)c1ccc(O)cc1.CCC(C)c1ccc(O)cc1.CCC(C)c1ccc(O)cc1.CCC(C)c1ccc(O)cc1.CCC(C)c1ccc(O)cc1.CCC1(OC(=O)C(C)(C)CC)CCCC1. The molecule has 6 aromatic carbocycles. The van der Waals surface area contributed by atoms with Crippen molar-refractivity contribution in [3.05, 3.63) is 197 Å². The van der Waals surface area contributed by atoms with Crippen LogP contribution in [0, 0.1) is 62.1 Å². The number of benzene rings is 6. The van der Waals surface area contributed by atoms with E-state index in [1.54, 1.807) is 60.7 Å². The molecule has 0 amide bonds. The molecular formula is C127H200O15. The molecule has 798 valence electrons. The molecule has 6 aromatic rings. The molecule has 0 aromatic heterocycles. The maximum absolute atomic E-state index is 12.8. The minimum Gasteiger partial charge on any atom is -0.508 e. The van der Waals surface area contributed by atoms with Crippen molar-refractivity contribution in [2.24, 2.45) is 62.1 Å². The summed E-state index contributed by atoms with van der Waals surface area (Å²) in [4.78, 5) is 61.4. The summed E-state index contributed by atoms with van der Waals surface area (Å²) in [5, 5.41) is 45.1. The zero-order valence-electron chi connectivity index (χ0n) is 95.1. The molecule has 5 N–H and O–H groups in total. The fraction of sp³-hybridized carbons (Fsp3) is 0.661. The molecule has 0 heterocycles. The molecule has 14 rings (SSSR count). The Labute approximate surface area is 864 Å². The number of aromatic hydroxyl groups is 5. The molecule has 6 unspecified atom stereocenters. The third-order valence-electron chi connectivity index (χ3n) is 33.5. The van der Waals surface area contributed by atoms with Crippen LogP contribution in [-0.4, -0.2) is 77.8 Å². The predicted molar refractivity (Wildman–Crippen MR) is 590 cm³/mol. The number of hydrogen-bond donors (Lipinski definition) is 5. The third-order valence-corrected chi connectivity index (χ3v) is 33.5. The first kappa shape index (κ1) is 126. The Balaban J connectivity index is 0.000000332. The van der Waals surface area contributed by atoms with E-state index in [2.05, 4.69) is 136 Å². The quantitative estimate of drug-likeness (QED) is 0.0175. The monoisotopic (exact) mass is 1970 g/mol. The van der Waals surface area contributed by atoms with Crippen molar-refractivity contribution >= 4 is 29.8 Å². The minimum atomic E-state index is -0.404. The Morgan fingerprint density at radius 2 is 0.599 bits per heavy atom. The van der Waals surface area contributed by atoms with Gasteiger partial charge in [-0.25, -0.2) is 0 Å². The third kappa shape index (κ3) is 38.0. The molecule has 0 radical (unpaired) electrons. The average molecular weight is 1970 g/mol. The molecule has 7 fully saturated rings. The Morgan fingerprint density at radius 1 is 0.324 bits per heavy atom. The van der Waals surface area contributed by atoms with Crippen LogP contribution in [0.4, 0.5) is 0 Å². The topological polar surface area (TPSA) is 233 Å². The smallest absolute Gasteiger partial charge is 0.312 e. The second-order valence-corrected chi connectivity index (χ2v) is 47.3. The highest BCUT2D eigenvalue weighted by atomic mass is 16.6. The maximum Gasteiger partial charge on any atom is 0.312 e. The average Bonchev–Trinajstić information content (AvgIpc) is 0.910. The lowest BCUT2D eigenvalue weighted by Gasteiger charge is -2.62. The highest BCUT2D eigenvalue weighted by Gasteiger charge is 2.62. The molecule has 0 aliphatic heterocycles. The van der Waals surface area contributed by atoms with Crippen molar-refractivity contribution in [2.45, 2.75) is 478 Å². The van der Waals surface area contributed by atoms with Gasteiger partial charge in [0.1, 0.15) is 56.8 Å². The fourth-order valence-corrected chi connectivity index (χ4v) is 19.4. The normalized spacial score (nSPS) is 21.0. The molecule has 15 heteroatoms. The number of phenols is 5. The van der Waals surface area contributed by atoms with Crippen molar-refractivity contribution in [3.8, 4) is 28.7 Å². The molecule has 7 saturated carbocycles. The largest absolute Gasteiger partial charge is 0.508 e. The van der Waals surface area contributed by atoms with E-state index >= 15 is 0 Å². The molecular weight excluding hydrogens is 1770 g/mol. The zero-order valence-corrected chi connectivity index (χ0v) is 95.1. The minimum absolute atomic E-state index is 0.0197. The van der Waals surface area contributed by atoms with Gasteiger partial charge in [0.15, 0.2) is 0 Å². The number of carbonyl (C=O) groups is 5. The van der Waals surface area contributed by atoms with Gasteiger partial charge in [-0.3, -0.25) is 24.0 Å². The summed E-state index contributed by atoms with van der Waals surface area (Å²) in [6.45, 7) is 66.9. The van der Waals surface area contributed by atoms with Crippen molar-refractivity contribution in [2.75, 3.05) is 0 Å². The molecule has 6 atom stereocenters. The van der Waals surface area contributed by atoms with E-state index in [0.29, 0.717) is 76.1 Å². The van der Waals surface area contributed by atoms with E-state index < -0.39 is 11.0 Å². The van der Waals surface area contributed by atoms with Gasteiger partial charge in [-0.15, -0.1) is 0 Å². The first-order chi connectivity index (χ1) is 66.5. The van der Waals surface area contributed by atoms with E-state index in [-0.39, 0.29) is 79.3 Å². The second kappa shape index (κ2) is 58.1. The van der Waals surface area contributed by atoms with E-state index in [0.717, 1.165) is 152 Å². The lowest BCUT2D eigenvalue weighted by Crippen LogP contribution is -2.63. The Bertz CT molecular complexity index is 4290. The van der Waals surface area contributed by atoms with Gasteiger partial charge in [0.2, 0.25) is 0 Å². The van der Waals surface area contributed by atoms with Crippen molar-refractivity contribution in [1.82, 2.24) is 0 Å². The molecule has 8 aliphatic carbocycles. The number of ether oxygens (including phenoxy) is 5. The molecule has 0 saturated heterocycles. The lowest BCUT2D eigenvalue weighted by atomic mass is 9.47. The fourth-order valence-electron chi connectivity index (χ4n) is 19.4. The number of carbonyl (C=O) groups excluding carboxylic acids is 5. The van der Waals surface area contributed by atoms with Crippen LogP contribution in [0.5, 0.6) is 28.7 Å². The van der Waals surface area contributed by atoms with Crippen LogP contribution in [0.1, 0.15) is 484 Å². The van der Waals surface area contributed by atoms with Crippen molar-refractivity contribution < 1.29 is 73.2 Å². The standard InChI is InChI=1S/C19H32O2.C18H26O2.C15H28O2.C13H24O2.C12H20O2.5C10H14O/c1-6-18(4,5)17(20)21-19(12(2)3)15-8-13-7-14(10-15)11-16(19)9-13;1-4-17(2,3)16(19)20-18(13-9-6-10-14-18)15-11-7-5-8-12-15;1-7-14(5,6)12(16)17-15(13(2,3)4)10-8-9-11-15;1-5-12(3,4)11(14)15-13(6-2)9-7-8-10-13;1-5-11(2,3)10(13)14-12(4)8-6-7-9-12;5*1-3-8(2)9-4-6-10(11)7-5-9/h12-16H,6-11H2,1-5H3;5,7-8,11-12H,4,6,9-10,13-14H2,1-3H3;7-11H2,1-6H3;5-10H2,1-4H3;6,8H,5,7,9H2,1-4H3;5*4-8,11H,3H2,1-2H3. The van der Waals surface area contributed by atoms with Crippen LogP contribution >= 0.6 is 0 Å². The molecule has 4 bridgehead atoms. The van der Waals surface area contributed by atoms with Gasteiger partial charge in [0, 0.05) is 5.41 Å². The number of allylic oxidation sites excluding steroid dienone is 1. The van der Waals surface area contributed by atoms with E-state index in [9.17, 15) is 24.0 Å². The summed E-state index contributed by atoms with van der Waals surface area (Å²) >= 11 is 0. The summed E-state index contributed by atoms with van der Waals surface area (Å²) in [7, 11) is 0. The Kier molecular flexibility index (Phi) is 51.4. The first-order valence-electron chi connectivity index (χ1n) is 55.3. The number of esters is 5. The van der Waals surface area contributed by atoms with Crippen LogP contribution < -0.4 is 0 Å². The predicted octanol–water partition coefficient (Wildman–Crippen LogP) is 35.3. The van der Waals surface area contributed by atoms with Gasteiger partial charge in [-0.2, -0.15) is 0 Å². The summed E-state index contributed by atoms with van der Waals surface area (Å²) in [5.74, 6) is 8.01. The Hall–Kier alpha value is -8.59. The lowest BCUT2D eigenvalue weighted by molar-refractivity contribution is -0.231. The van der Waals surface area contributed by atoms with E-state index in [4.69, 9.17) is 49.2 Å². The highest BCUT2D eigenvalue weighted by Crippen LogP contribution is 2.62.